The standard InChI is InChI=1S/C16H31NO3S/c1-3-13-6-4-8-15(10-13)16(18)11-14-7-5-9-17(12-14)21(2,19)20/h13-16,18H,3-12H2,1-2H3. The van der Waals surface area contributed by atoms with Gasteiger partial charge in [0.15, 0.2) is 0 Å². The number of piperidine rings is 1. The van der Waals surface area contributed by atoms with Crippen LogP contribution >= 0.6 is 0 Å². The van der Waals surface area contributed by atoms with Gasteiger partial charge in [0, 0.05) is 13.1 Å². The molecule has 2 rings (SSSR count). The van der Waals surface area contributed by atoms with E-state index in [2.05, 4.69) is 6.92 Å². The molecule has 0 radical (unpaired) electrons. The van der Waals surface area contributed by atoms with E-state index in [0.29, 0.717) is 24.9 Å². The van der Waals surface area contributed by atoms with E-state index >= 15 is 0 Å². The zero-order chi connectivity index (χ0) is 15.5. The van der Waals surface area contributed by atoms with Gasteiger partial charge in [0.25, 0.3) is 0 Å². The Morgan fingerprint density at radius 2 is 1.90 bits per heavy atom. The number of aliphatic hydroxyl groups is 1. The Labute approximate surface area is 130 Å². The highest BCUT2D eigenvalue weighted by molar-refractivity contribution is 7.88. The van der Waals surface area contributed by atoms with Crippen LogP contribution in [0.3, 0.4) is 0 Å². The maximum atomic E-state index is 11.7. The van der Waals surface area contributed by atoms with Crippen LogP contribution in [0.4, 0.5) is 0 Å². The van der Waals surface area contributed by atoms with Crippen LogP contribution in [0.2, 0.25) is 0 Å². The van der Waals surface area contributed by atoms with Crippen molar-refractivity contribution in [2.75, 3.05) is 19.3 Å². The summed E-state index contributed by atoms with van der Waals surface area (Å²) in [6, 6.07) is 0. The molecule has 124 valence electrons. The highest BCUT2D eigenvalue weighted by Crippen LogP contribution is 2.35. The van der Waals surface area contributed by atoms with Crippen LogP contribution in [0.15, 0.2) is 0 Å². The summed E-state index contributed by atoms with van der Waals surface area (Å²) in [7, 11) is -3.08. The molecule has 2 aliphatic rings. The number of rotatable bonds is 5. The van der Waals surface area contributed by atoms with Crippen molar-refractivity contribution < 1.29 is 13.5 Å². The number of nitrogens with zero attached hydrogens (tertiary/aromatic N) is 1. The average Bonchev–Trinajstić information content (AvgIpc) is 2.46. The van der Waals surface area contributed by atoms with E-state index in [-0.39, 0.29) is 6.10 Å². The highest BCUT2D eigenvalue weighted by atomic mass is 32.2. The first-order chi connectivity index (χ1) is 9.90. The third-order valence-electron chi connectivity index (χ3n) is 5.47. The molecule has 1 aliphatic carbocycles. The lowest BCUT2D eigenvalue weighted by Gasteiger charge is -2.36. The van der Waals surface area contributed by atoms with Crippen LogP contribution in [-0.4, -0.2) is 43.3 Å². The van der Waals surface area contributed by atoms with Crippen molar-refractivity contribution in [2.45, 2.75) is 64.4 Å². The van der Waals surface area contributed by atoms with Gasteiger partial charge in [-0.3, -0.25) is 0 Å². The first-order valence-electron chi connectivity index (χ1n) is 8.53. The number of hydrogen-bond acceptors (Lipinski definition) is 3. The van der Waals surface area contributed by atoms with Crippen molar-refractivity contribution >= 4 is 10.0 Å². The Balaban J connectivity index is 1.85. The molecule has 21 heavy (non-hydrogen) atoms. The normalized spacial score (nSPS) is 33.8. The summed E-state index contributed by atoms with van der Waals surface area (Å²) < 4.78 is 24.9. The molecule has 0 aromatic carbocycles. The molecule has 0 spiro atoms. The third kappa shape index (κ3) is 4.93. The molecule has 1 saturated carbocycles. The topological polar surface area (TPSA) is 57.6 Å². The van der Waals surface area contributed by atoms with Crippen molar-refractivity contribution in [3.05, 3.63) is 0 Å². The summed E-state index contributed by atoms with van der Waals surface area (Å²) in [5.41, 5.74) is 0. The predicted octanol–water partition coefficient (Wildman–Crippen LogP) is 2.63. The fraction of sp³-hybridized carbons (Fsp3) is 1.00. The largest absolute Gasteiger partial charge is 0.393 e. The van der Waals surface area contributed by atoms with Gasteiger partial charge in [0.05, 0.1) is 12.4 Å². The average molecular weight is 317 g/mol. The minimum Gasteiger partial charge on any atom is -0.393 e. The fourth-order valence-corrected chi connectivity index (χ4v) is 5.05. The summed E-state index contributed by atoms with van der Waals surface area (Å²) in [6.07, 6.45) is 9.84. The van der Waals surface area contributed by atoms with Crippen LogP contribution in [0, 0.1) is 17.8 Å². The Bertz CT molecular complexity index is 423. The molecule has 4 nitrogen and oxygen atoms in total. The predicted molar refractivity (Wildman–Crippen MR) is 85.5 cm³/mol. The van der Waals surface area contributed by atoms with Gasteiger partial charge in [-0.25, -0.2) is 12.7 Å². The number of sulfonamides is 1. The zero-order valence-electron chi connectivity index (χ0n) is 13.5. The van der Waals surface area contributed by atoms with Gasteiger partial charge < -0.3 is 5.11 Å². The quantitative estimate of drug-likeness (QED) is 0.848. The van der Waals surface area contributed by atoms with E-state index in [1.54, 1.807) is 4.31 Å². The molecule has 1 saturated heterocycles. The highest BCUT2D eigenvalue weighted by Gasteiger charge is 2.31. The van der Waals surface area contributed by atoms with Crippen LogP contribution in [0.1, 0.15) is 58.3 Å². The minimum absolute atomic E-state index is 0.246. The molecule has 1 aliphatic heterocycles. The number of hydrogen-bond donors (Lipinski definition) is 1. The van der Waals surface area contributed by atoms with E-state index in [1.165, 1.54) is 25.5 Å². The van der Waals surface area contributed by atoms with Crippen molar-refractivity contribution in [3.63, 3.8) is 0 Å². The van der Waals surface area contributed by atoms with Gasteiger partial charge in [0.2, 0.25) is 10.0 Å². The van der Waals surface area contributed by atoms with Crippen LogP contribution in [0.25, 0.3) is 0 Å². The fourth-order valence-electron chi connectivity index (χ4n) is 4.11. The second kappa shape index (κ2) is 7.42. The molecule has 2 fully saturated rings. The molecule has 0 amide bonds. The molecular weight excluding hydrogens is 286 g/mol. The van der Waals surface area contributed by atoms with Crippen LogP contribution in [0.5, 0.6) is 0 Å². The monoisotopic (exact) mass is 317 g/mol. The molecule has 0 aromatic rings. The summed E-state index contributed by atoms with van der Waals surface area (Å²) in [5.74, 6) is 1.53. The van der Waals surface area contributed by atoms with Crippen molar-refractivity contribution in [2.24, 2.45) is 17.8 Å². The van der Waals surface area contributed by atoms with Gasteiger partial charge in [-0.15, -0.1) is 0 Å². The SMILES string of the molecule is CCC1CCCC(C(O)CC2CCCN(S(C)(=O)=O)C2)C1. The molecular formula is C16H31NO3S. The van der Waals surface area contributed by atoms with E-state index in [0.717, 1.165) is 38.0 Å². The van der Waals surface area contributed by atoms with E-state index in [9.17, 15) is 13.5 Å². The van der Waals surface area contributed by atoms with Crippen LogP contribution < -0.4 is 0 Å². The van der Waals surface area contributed by atoms with Crippen LogP contribution in [-0.2, 0) is 10.0 Å². The Hall–Kier alpha value is -0.130. The summed E-state index contributed by atoms with van der Waals surface area (Å²) in [6.45, 7) is 3.48. The zero-order valence-corrected chi connectivity index (χ0v) is 14.3. The first-order valence-corrected chi connectivity index (χ1v) is 10.4. The lowest BCUT2D eigenvalue weighted by atomic mass is 9.75. The Morgan fingerprint density at radius 1 is 1.19 bits per heavy atom. The van der Waals surface area contributed by atoms with Gasteiger partial charge in [-0.2, -0.15) is 0 Å². The van der Waals surface area contributed by atoms with Crippen molar-refractivity contribution in [1.82, 2.24) is 4.31 Å². The maximum absolute atomic E-state index is 11.7. The van der Waals surface area contributed by atoms with Gasteiger partial charge in [0.1, 0.15) is 0 Å². The third-order valence-corrected chi connectivity index (χ3v) is 6.74. The molecule has 1 N–H and O–H groups in total. The molecule has 1 heterocycles. The lowest BCUT2D eigenvalue weighted by molar-refractivity contribution is 0.0409. The summed E-state index contributed by atoms with van der Waals surface area (Å²) in [5, 5.41) is 10.6. The molecule has 4 atom stereocenters. The van der Waals surface area contributed by atoms with Crippen molar-refractivity contribution in [3.8, 4) is 0 Å². The summed E-state index contributed by atoms with van der Waals surface area (Å²) in [4.78, 5) is 0. The molecule has 5 heteroatoms. The second-order valence-corrected chi connectivity index (χ2v) is 9.12. The smallest absolute Gasteiger partial charge is 0.211 e. The van der Waals surface area contributed by atoms with E-state index in [1.807, 2.05) is 0 Å². The maximum Gasteiger partial charge on any atom is 0.211 e. The second-order valence-electron chi connectivity index (χ2n) is 7.13. The number of aliphatic hydroxyl groups excluding tert-OH is 1. The Morgan fingerprint density at radius 3 is 2.57 bits per heavy atom. The van der Waals surface area contributed by atoms with Gasteiger partial charge in [-0.1, -0.05) is 26.2 Å². The molecule has 0 bridgehead atoms. The molecule has 4 unspecified atom stereocenters. The van der Waals surface area contributed by atoms with E-state index < -0.39 is 10.0 Å². The van der Waals surface area contributed by atoms with E-state index in [4.69, 9.17) is 0 Å². The van der Waals surface area contributed by atoms with Gasteiger partial charge in [-0.05, 0) is 49.9 Å². The Kier molecular flexibility index (Phi) is 6.09. The van der Waals surface area contributed by atoms with Gasteiger partial charge >= 0.3 is 0 Å². The molecule has 0 aromatic heterocycles. The lowest BCUT2D eigenvalue weighted by Crippen LogP contribution is -2.41. The van der Waals surface area contributed by atoms with Crippen molar-refractivity contribution in [1.29, 1.82) is 0 Å². The minimum atomic E-state index is -3.08. The summed E-state index contributed by atoms with van der Waals surface area (Å²) >= 11 is 0. The first kappa shape index (κ1) is 17.2.